The predicted molar refractivity (Wildman–Crippen MR) is 144 cm³/mol. The highest BCUT2D eigenvalue weighted by Gasteiger charge is 2.34. The monoisotopic (exact) mass is 466 g/mol. The zero-order valence-electron chi connectivity index (χ0n) is 21.1. The summed E-state index contributed by atoms with van der Waals surface area (Å²) >= 11 is 0. The number of ether oxygens (including phenoxy) is 2. The lowest BCUT2D eigenvalue weighted by atomic mass is 9.75. The van der Waals surface area contributed by atoms with Crippen LogP contribution >= 0.6 is 0 Å². The molecule has 4 aromatic rings. The Bertz CT molecular complexity index is 1360. The molecule has 1 saturated carbocycles. The van der Waals surface area contributed by atoms with Crippen LogP contribution in [0.2, 0.25) is 0 Å². The molecule has 0 saturated heterocycles. The van der Waals surface area contributed by atoms with E-state index in [-0.39, 0.29) is 12.1 Å². The molecule has 1 fully saturated rings. The fourth-order valence-electron chi connectivity index (χ4n) is 5.87. The highest BCUT2D eigenvalue weighted by atomic mass is 16.5. The number of esters is 1. The summed E-state index contributed by atoms with van der Waals surface area (Å²) in [7, 11) is 1.70. The number of carbonyl (C=O) groups excluding carboxylic acids is 1. The van der Waals surface area contributed by atoms with Crippen molar-refractivity contribution in [1.82, 2.24) is 0 Å². The van der Waals surface area contributed by atoms with Crippen LogP contribution < -0.4 is 4.74 Å². The lowest BCUT2D eigenvalue weighted by Gasteiger charge is -2.36. The van der Waals surface area contributed by atoms with Gasteiger partial charge in [0.25, 0.3) is 0 Å². The van der Waals surface area contributed by atoms with Crippen LogP contribution in [0.25, 0.3) is 32.7 Å². The highest BCUT2D eigenvalue weighted by molar-refractivity contribution is 6.14. The molecule has 0 radical (unpaired) electrons. The van der Waals surface area contributed by atoms with E-state index < -0.39 is 0 Å². The molecular weight excluding hydrogens is 432 g/mol. The van der Waals surface area contributed by atoms with E-state index >= 15 is 0 Å². The van der Waals surface area contributed by atoms with E-state index in [9.17, 15) is 4.79 Å². The molecule has 3 atom stereocenters. The first kappa shape index (κ1) is 23.4. The molecular formula is C32H34O3. The second kappa shape index (κ2) is 9.73. The second-order valence-corrected chi connectivity index (χ2v) is 10.3. The largest absolute Gasteiger partial charge is 0.496 e. The van der Waals surface area contributed by atoms with Crippen molar-refractivity contribution >= 4 is 27.5 Å². The number of methoxy groups -OCH3 is 1. The standard InChI is InChI=1S/C32H34O3/c1-20(2)24-17-15-21(3)19-29(24)35-32(33)27-14-8-11-23-10-7-13-26(30(23)27)31-25-12-6-5-9-22(25)16-18-28(31)34-4/h5-14,16,18,20-21,24,29H,15,17,19H2,1-4H3/t21-,24+,29-/m1/s1. The van der Waals surface area contributed by atoms with E-state index in [1.54, 1.807) is 7.11 Å². The van der Waals surface area contributed by atoms with Crippen molar-refractivity contribution in [3.63, 3.8) is 0 Å². The molecule has 3 heteroatoms. The Morgan fingerprint density at radius 2 is 1.63 bits per heavy atom. The van der Waals surface area contributed by atoms with E-state index in [0.717, 1.165) is 51.3 Å². The van der Waals surface area contributed by atoms with Crippen molar-refractivity contribution in [3.8, 4) is 16.9 Å². The summed E-state index contributed by atoms with van der Waals surface area (Å²) < 4.78 is 12.1. The Hall–Kier alpha value is -3.33. The Balaban J connectivity index is 1.65. The van der Waals surface area contributed by atoms with Gasteiger partial charge in [0.05, 0.1) is 12.7 Å². The normalized spacial score (nSPS) is 20.3. The van der Waals surface area contributed by atoms with Gasteiger partial charge >= 0.3 is 5.97 Å². The van der Waals surface area contributed by atoms with Crippen molar-refractivity contribution in [1.29, 1.82) is 0 Å². The van der Waals surface area contributed by atoms with E-state index in [1.807, 2.05) is 36.4 Å². The minimum Gasteiger partial charge on any atom is -0.496 e. The van der Waals surface area contributed by atoms with Crippen LogP contribution in [0.15, 0.2) is 72.8 Å². The van der Waals surface area contributed by atoms with Crippen LogP contribution in [0.3, 0.4) is 0 Å². The Morgan fingerprint density at radius 1 is 0.886 bits per heavy atom. The molecule has 0 aromatic heterocycles. The van der Waals surface area contributed by atoms with Crippen LogP contribution in [0.1, 0.15) is 50.4 Å². The fraction of sp³-hybridized carbons (Fsp3) is 0.344. The molecule has 1 aliphatic carbocycles. The van der Waals surface area contributed by atoms with Crippen LogP contribution in [0.4, 0.5) is 0 Å². The minimum atomic E-state index is -0.230. The maximum atomic E-state index is 13.7. The first-order valence-electron chi connectivity index (χ1n) is 12.8. The van der Waals surface area contributed by atoms with Crippen molar-refractivity contribution in [2.45, 2.75) is 46.1 Å². The van der Waals surface area contributed by atoms with Crippen LogP contribution in [-0.2, 0) is 4.74 Å². The summed E-state index contributed by atoms with van der Waals surface area (Å²) in [6.07, 6.45) is 3.21. The third-order valence-corrected chi connectivity index (χ3v) is 7.72. The number of fused-ring (bicyclic) bond motifs is 2. The van der Waals surface area contributed by atoms with Gasteiger partial charge in [-0.05, 0) is 64.5 Å². The molecule has 1 aliphatic rings. The Kier molecular flexibility index (Phi) is 6.51. The zero-order chi connectivity index (χ0) is 24.5. The predicted octanol–water partition coefficient (Wildman–Crippen LogP) is 8.29. The number of hydrogen-bond acceptors (Lipinski definition) is 3. The number of carbonyl (C=O) groups is 1. The lowest BCUT2D eigenvalue weighted by Crippen LogP contribution is -2.35. The lowest BCUT2D eigenvalue weighted by molar-refractivity contribution is -0.0172. The van der Waals surface area contributed by atoms with E-state index in [1.165, 1.54) is 6.42 Å². The molecule has 5 rings (SSSR count). The third-order valence-electron chi connectivity index (χ3n) is 7.72. The molecule has 0 bridgehead atoms. The van der Waals surface area contributed by atoms with Crippen molar-refractivity contribution in [2.24, 2.45) is 17.8 Å². The summed E-state index contributed by atoms with van der Waals surface area (Å²) in [6.45, 7) is 6.74. The quantitative estimate of drug-likeness (QED) is 0.278. The number of rotatable bonds is 5. The first-order chi connectivity index (χ1) is 17.0. The maximum absolute atomic E-state index is 13.7. The molecule has 180 valence electrons. The molecule has 0 N–H and O–H groups in total. The number of benzene rings is 4. The highest BCUT2D eigenvalue weighted by Crippen LogP contribution is 2.42. The maximum Gasteiger partial charge on any atom is 0.339 e. The van der Waals surface area contributed by atoms with E-state index in [4.69, 9.17) is 9.47 Å². The summed E-state index contributed by atoms with van der Waals surface area (Å²) in [6, 6.07) is 24.5. The van der Waals surface area contributed by atoms with Gasteiger partial charge in [-0.2, -0.15) is 0 Å². The van der Waals surface area contributed by atoms with Gasteiger partial charge in [0.1, 0.15) is 11.9 Å². The summed E-state index contributed by atoms with van der Waals surface area (Å²) in [4.78, 5) is 13.7. The summed E-state index contributed by atoms with van der Waals surface area (Å²) in [5, 5.41) is 4.17. The fourth-order valence-corrected chi connectivity index (χ4v) is 5.87. The van der Waals surface area contributed by atoms with Gasteiger partial charge < -0.3 is 9.47 Å². The smallest absolute Gasteiger partial charge is 0.339 e. The summed E-state index contributed by atoms with van der Waals surface area (Å²) in [5.41, 5.74) is 2.61. The molecule has 0 spiro atoms. The molecule has 0 unspecified atom stereocenters. The van der Waals surface area contributed by atoms with Crippen LogP contribution in [0.5, 0.6) is 5.75 Å². The SMILES string of the molecule is COc1ccc2ccccc2c1-c1cccc2cccc(C(=O)O[C@@H]3C[C@H](C)CC[C@H]3C(C)C)c12. The number of hydrogen-bond donors (Lipinski definition) is 0. The van der Waals surface area contributed by atoms with Crippen molar-refractivity contribution < 1.29 is 14.3 Å². The Labute approximate surface area is 208 Å². The zero-order valence-corrected chi connectivity index (χ0v) is 21.1. The van der Waals surface area contributed by atoms with Crippen molar-refractivity contribution in [2.75, 3.05) is 7.11 Å². The molecule has 3 nitrogen and oxygen atoms in total. The van der Waals surface area contributed by atoms with Gasteiger partial charge in [0.15, 0.2) is 0 Å². The van der Waals surface area contributed by atoms with Crippen molar-refractivity contribution in [3.05, 3.63) is 78.4 Å². The van der Waals surface area contributed by atoms with Gasteiger partial charge in [0, 0.05) is 10.9 Å². The molecule has 0 amide bonds. The molecule has 0 aliphatic heterocycles. The molecule has 4 aromatic carbocycles. The topological polar surface area (TPSA) is 35.5 Å². The van der Waals surface area contributed by atoms with Crippen LogP contribution in [0, 0.1) is 17.8 Å². The third kappa shape index (κ3) is 4.40. The average molecular weight is 467 g/mol. The van der Waals surface area contributed by atoms with Gasteiger partial charge in [-0.1, -0.05) is 87.9 Å². The van der Waals surface area contributed by atoms with E-state index in [0.29, 0.717) is 23.3 Å². The average Bonchev–Trinajstić information content (AvgIpc) is 2.87. The summed E-state index contributed by atoms with van der Waals surface area (Å²) in [5.74, 6) is 2.03. The first-order valence-corrected chi connectivity index (χ1v) is 12.8. The molecule has 35 heavy (non-hydrogen) atoms. The van der Waals surface area contributed by atoms with Gasteiger partial charge in [-0.3, -0.25) is 0 Å². The minimum absolute atomic E-state index is 0.0410. The van der Waals surface area contributed by atoms with E-state index in [2.05, 4.69) is 57.2 Å². The van der Waals surface area contributed by atoms with Gasteiger partial charge in [0.2, 0.25) is 0 Å². The van der Waals surface area contributed by atoms with Gasteiger partial charge in [-0.15, -0.1) is 0 Å². The second-order valence-electron chi connectivity index (χ2n) is 10.3. The molecule has 0 heterocycles. The van der Waals surface area contributed by atoms with Crippen LogP contribution in [-0.4, -0.2) is 19.2 Å². The van der Waals surface area contributed by atoms with Gasteiger partial charge in [-0.25, -0.2) is 4.79 Å². The Morgan fingerprint density at radius 3 is 2.40 bits per heavy atom.